The molecule has 0 unspecified atom stereocenters. The number of hydrogen-bond acceptors (Lipinski definition) is 5. The molecule has 1 aromatic rings. The van der Waals surface area contributed by atoms with Crippen molar-refractivity contribution in [3.63, 3.8) is 0 Å². The molecule has 2 heterocycles. The van der Waals surface area contributed by atoms with Crippen molar-refractivity contribution < 1.29 is 18.8 Å². The monoisotopic (exact) mass is 437 g/mol. The molecule has 0 aromatic carbocycles. The topological polar surface area (TPSA) is 91.8 Å². The van der Waals surface area contributed by atoms with Gasteiger partial charge in [0.05, 0.1) is 34.1 Å². The summed E-state index contributed by atoms with van der Waals surface area (Å²) in [5.41, 5.74) is 1.97. The number of piperidine rings is 1. The number of carbonyl (C=O) groups is 1. The van der Waals surface area contributed by atoms with Crippen LogP contribution in [-0.2, 0) is 28.8 Å². The van der Waals surface area contributed by atoms with Gasteiger partial charge in [-0.15, -0.1) is 0 Å². The number of aromatic nitrogens is 1. The summed E-state index contributed by atoms with van der Waals surface area (Å²) in [6.45, 7) is 12.6. The van der Waals surface area contributed by atoms with E-state index < -0.39 is 16.6 Å². The van der Waals surface area contributed by atoms with Crippen LogP contribution in [-0.4, -0.2) is 48.7 Å². The number of fused-ring (bicyclic) bond motifs is 1. The summed E-state index contributed by atoms with van der Waals surface area (Å²) in [6.07, 6.45) is 2.01. The van der Waals surface area contributed by atoms with Crippen LogP contribution in [0.25, 0.3) is 0 Å². The highest BCUT2D eigenvalue weighted by Gasteiger charge is 2.50. The van der Waals surface area contributed by atoms with E-state index >= 15 is 0 Å². The second-order valence-corrected chi connectivity index (χ2v) is 12.4. The fourth-order valence-electron chi connectivity index (χ4n) is 4.21. The number of nitrogens with zero attached hydrogens (tertiary/aromatic N) is 2. The first-order chi connectivity index (χ1) is 13.8. The van der Waals surface area contributed by atoms with Crippen LogP contribution in [0.2, 0.25) is 0 Å². The molecule has 1 fully saturated rings. The summed E-state index contributed by atoms with van der Waals surface area (Å²) in [5.74, 6) is 0. The van der Waals surface area contributed by atoms with Gasteiger partial charge in [-0.1, -0.05) is 6.07 Å². The fraction of sp³-hybridized carbons (Fsp3) is 0.727. The van der Waals surface area contributed by atoms with E-state index in [1.165, 1.54) is 0 Å². The van der Waals surface area contributed by atoms with E-state index in [1.54, 1.807) is 4.90 Å². The van der Waals surface area contributed by atoms with Crippen LogP contribution in [0.15, 0.2) is 12.1 Å². The van der Waals surface area contributed by atoms with Crippen LogP contribution in [0.5, 0.6) is 0 Å². The molecule has 1 aromatic heterocycles. The average molecular weight is 438 g/mol. The second kappa shape index (κ2) is 8.20. The van der Waals surface area contributed by atoms with Gasteiger partial charge < -0.3 is 14.7 Å². The van der Waals surface area contributed by atoms with Crippen molar-refractivity contribution in [1.82, 2.24) is 14.6 Å². The molecule has 1 aliphatic heterocycles. The highest BCUT2D eigenvalue weighted by molar-refractivity contribution is 7.84. The molecule has 1 spiro atoms. The van der Waals surface area contributed by atoms with Crippen molar-refractivity contribution in [3.8, 4) is 0 Å². The maximum absolute atomic E-state index is 13.0. The number of amides is 1. The van der Waals surface area contributed by atoms with Crippen molar-refractivity contribution in [2.45, 2.75) is 83.8 Å². The first-order valence-electron chi connectivity index (χ1n) is 10.6. The Hall–Kier alpha value is -1.51. The Morgan fingerprint density at radius 3 is 2.43 bits per heavy atom. The SMILES string of the molecule is CC(C)(C)OC(=O)N1CCC2(CC1)Cc1nc(CO)ccc1[C@H]2N[S@](=O)C(C)(C)C. The Balaban J connectivity index is 1.84. The number of carbonyl (C=O) groups excluding carboxylic acids is 1. The number of pyridine rings is 1. The van der Waals surface area contributed by atoms with E-state index in [1.807, 2.05) is 53.7 Å². The molecule has 0 radical (unpaired) electrons. The molecule has 2 N–H and O–H groups in total. The van der Waals surface area contributed by atoms with E-state index in [4.69, 9.17) is 4.74 Å². The molecule has 7 nitrogen and oxygen atoms in total. The van der Waals surface area contributed by atoms with Crippen molar-refractivity contribution in [2.24, 2.45) is 5.41 Å². The van der Waals surface area contributed by atoms with E-state index in [9.17, 15) is 14.1 Å². The van der Waals surface area contributed by atoms with Crippen LogP contribution in [0.4, 0.5) is 4.79 Å². The Bertz CT molecular complexity index is 821. The summed E-state index contributed by atoms with van der Waals surface area (Å²) in [7, 11) is -1.23. The molecule has 2 aliphatic rings. The van der Waals surface area contributed by atoms with Gasteiger partial charge in [0.2, 0.25) is 0 Å². The van der Waals surface area contributed by atoms with Gasteiger partial charge in [-0.2, -0.15) is 0 Å². The summed E-state index contributed by atoms with van der Waals surface area (Å²) < 4.78 is 21.5. The molecule has 30 heavy (non-hydrogen) atoms. The zero-order valence-corrected chi connectivity index (χ0v) is 19.8. The number of likely N-dealkylation sites (tertiary alicyclic amines) is 1. The molecule has 2 atom stereocenters. The van der Waals surface area contributed by atoms with E-state index in [2.05, 4.69) is 9.71 Å². The van der Waals surface area contributed by atoms with Crippen molar-refractivity contribution >= 4 is 17.1 Å². The molecule has 1 saturated heterocycles. The number of nitrogens with one attached hydrogen (secondary N) is 1. The van der Waals surface area contributed by atoms with Gasteiger partial charge in [-0.25, -0.2) is 13.7 Å². The fourth-order valence-corrected chi connectivity index (χ4v) is 5.16. The maximum Gasteiger partial charge on any atom is 0.410 e. The summed E-state index contributed by atoms with van der Waals surface area (Å²) in [6, 6.07) is 3.73. The predicted octanol–water partition coefficient (Wildman–Crippen LogP) is 3.24. The largest absolute Gasteiger partial charge is 0.444 e. The molecule has 3 rings (SSSR count). The molecule has 0 bridgehead atoms. The van der Waals surface area contributed by atoms with E-state index in [-0.39, 0.29) is 28.9 Å². The van der Waals surface area contributed by atoms with Gasteiger partial charge in [-0.05, 0) is 77.8 Å². The number of hydrogen-bond donors (Lipinski definition) is 2. The lowest BCUT2D eigenvalue weighted by Crippen LogP contribution is -2.49. The predicted molar refractivity (Wildman–Crippen MR) is 117 cm³/mol. The third kappa shape index (κ3) is 4.86. The smallest absolute Gasteiger partial charge is 0.410 e. The molecule has 1 amide bonds. The van der Waals surface area contributed by atoms with Crippen LogP contribution in [0.1, 0.15) is 77.4 Å². The normalized spacial score (nSPS) is 22.1. The van der Waals surface area contributed by atoms with Gasteiger partial charge in [0.15, 0.2) is 0 Å². The lowest BCUT2D eigenvalue weighted by molar-refractivity contribution is 0.00718. The third-order valence-electron chi connectivity index (χ3n) is 5.86. The summed E-state index contributed by atoms with van der Waals surface area (Å²) >= 11 is 0. The highest BCUT2D eigenvalue weighted by atomic mass is 32.2. The Kier molecular flexibility index (Phi) is 6.33. The van der Waals surface area contributed by atoms with Gasteiger partial charge in [0.25, 0.3) is 0 Å². The molecule has 8 heteroatoms. The van der Waals surface area contributed by atoms with Crippen LogP contribution < -0.4 is 4.72 Å². The van der Waals surface area contributed by atoms with Gasteiger partial charge >= 0.3 is 6.09 Å². The van der Waals surface area contributed by atoms with Crippen molar-refractivity contribution in [2.75, 3.05) is 13.1 Å². The van der Waals surface area contributed by atoms with Crippen LogP contribution >= 0.6 is 0 Å². The zero-order valence-electron chi connectivity index (χ0n) is 18.9. The van der Waals surface area contributed by atoms with Crippen LogP contribution in [0, 0.1) is 5.41 Å². The lowest BCUT2D eigenvalue weighted by atomic mass is 9.73. The standard InChI is InChI=1S/C22H35N3O4S/c1-20(2,3)29-19(27)25-11-9-22(10-12-25)13-17-16(8-7-15(14-26)23-17)18(22)24-30(28)21(4,5)6/h7-8,18,24,26H,9-14H2,1-6H3/t18-,30-/m1/s1. The first-order valence-corrected chi connectivity index (χ1v) is 11.8. The second-order valence-electron chi connectivity index (χ2n) is 10.4. The molecule has 168 valence electrons. The van der Waals surface area contributed by atoms with Crippen molar-refractivity contribution in [1.29, 1.82) is 0 Å². The van der Waals surface area contributed by atoms with Crippen LogP contribution in [0.3, 0.4) is 0 Å². The maximum atomic E-state index is 13.0. The lowest BCUT2D eigenvalue weighted by Gasteiger charge is -2.43. The highest BCUT2D eigenvalue weighted by Crippen LogP contribution is 2.52. The van der Waals surface area contributed by atoms with Gasteiger partial charge in [-0.3, -0.25) is 4.98 Å². The first kappa shape index (κ1) is 23.2. The van der Waals surface area contributed by atoms with E-state index in [0.29, 0.717) is 18.8 Å². The molecule has 0 saturated carbocycles. The van der Waals surface area contributed by atoms with Gasteiger partial charge in [0.1, 0.15) is 5.60 Å². The number of ether oxygens (including phenoxy) is 1. The minimum Gasteiger partial charge on any atom is -0.444 e. The Morgan fingerprint density at radius 2 is 1.90 bits per heavy atom. The minimum atomic E-state index is -1.23. The minimum absolute atomic E-state index is 0.0985. The number of aliphatic hydroxyl groups is 1. The third-order valence-corrected chi connectivity index (χ3v) is 7.43. The number of rotatable bonds is 3. The Morgan fingerprint density at radius 1 is 1.27 bits per heavy atom. The van der Waals surface area contributed by atoms with Gasteiger partial charge in [0, 0.05) is 18.8 Å². The molecular formula is C22H35N3O4S. The average Bonchev–Trinajstić information content (AvgIpc) is 2.92. The molecule has 1 aliphatic carbocycles. The molecular weight excluding hydrogens is 402 g/mol. The van der Waals surface area contributed by atoms with Crippen molar-refractivity contribution in [3.05, 3.63) is 29.1 Å². The zero-order chi connectivity index (χ0) is 22.3. The quantitative estimate of drug-likeness (QED) is 0.757. The Labute approximate surface area is 182 Å². The summed E-state index contributed by atoms with van der Waals surface area (Å²) in [4.78, 5) is 18.9. The number of aliphatic hydroxyl groups excluding tert-OH is 1. The summed E-state index contributed by atoms with van der Waals surface area (Å²) in [5, 5.41) is 9.49. The van der Waals surface area contributed by atoms with E-state index in [0.717, 1.165) is 30.5 Å².